The summed E-state index contributed by atoms with van der Waals surface area (Å²) in [6.07, 6.45) is 4.07. The molecule has 0 aliphatic heterocycles. The number of urea groups is 1. The highest BCUT2D eigenvalue weighted by Gasteiger charge is 2.26. The van der Waals surface area contributed by atoms with Gasteiger partial charge in [-0.3, -0.25) is 4.79 Å². The Hall–Kier alpha value is -2.24. The lowest BCUT2D eigenvalue weighted by atomic mass is 9.85. The molecule has 3 amide bonds. The van der Waals surface area contributed by atoms with E-state index in [2.05, 4.69) is 16.0 Å². The number of carbonyl (C=O) groups excluding carboxylic acids is 2. The van der Waals surface area contributed by atoms with Gasteiger partial charge >= 0.3 is 6.03 Å². The second-order valence-electron chi connectivity index (χ2n) is 6.35. The molecule has 6 nitrogen and oxygen atoms in total. The van der Waals surface area contributed by atoms with E-state index in [-0.39, 0.29) is 23.9 Å². The number of benzene rings is 1. The van der Waals surface area contributed by atoms with Gasteiger partial charge in [-0.05, 0) is 50.7 Å². The minimum absolute atomic E-state index is 0.0844. The van der Waals surface area contributed by atoms with Crippen LogP contribution in [0.25, 0.3) is 0 Å². The molecule has 1 saturated carbocycles. The lowest BCUT2D eigenvalue weighted by Gasteiger charge is -2.28. The molecule has 0 bridgehead atoms. The second kappa shape index (κ2) is 9.91. The maximum absolute atomic E-state index is 12.1. The van der Waals surface area contributed by atoms with Gasteiger partial charge in [0, 0.05) is 25.6 Å². The molecule has 1 fully saturated rings. The Balaban J connectivity index is 1.69. The summed E-state index contributed by atoms with van der Waals surface area (Å²) in [7, 11) is 1.67. The largest absolute Gasteiger partial charge is 0.494 e. The smallest absolute Gasteiger partial charge is 0.315 e. The molecule has 1 aromatic carbocycles. The third kappa shape index (κ3) is 5.96. The maximum atomic E-state index is 12.1. The number of rotatable bonds is 7. The summed E-state index contributed by atoms with van der Waals surface area (Å²) in [5.41, 5.74) is 1.09. The molecule has 0 atom stereocenters. The van der Waals surface area contributed by atoms with E-state index in [1.54, 1.807) is 7.05 Å². The van der Waals surface area contributed by atoms with E-state index in [1.165, 1.54) is 0 Å². The Bertz CT molecular complexity index is 569. The minimum atomic E-state index is -0.141. The van der Waals surface area contributed by atoms with Crippen molar-refractivity contribution in [1.82, 2.24) is 16.0 Å². The van der Waals surface area contributed by atoms with Crippen LogP contribution in [0.3, 0.4) is 0 Å². The molecular weight excluding hydrogens is 318 g/mol. The molecule has 0 aromatic heterocycles. The molecule has 0 saturated heterocycles. The van der Waals surface area contributed by atoms with Gasteiger partial charge in [-0.1, -0.05) is 18.2 Å². The van der Waals surface area contributed by atoms with Crippen molar-refractivity contribution in [3.05, 3.63) is 29.8 Å². The van der Waals surface area contributed by atoms with Crippen molar-refractivity contribution in [2.75, 3.05) is 20.2 Å². The Labute approximate surface area is 149 Å². The second-order valence-corrected chi connectivity index (χ2v) is 6.35. The van der Waals surface area contributed by atoms with Gasteiger partial charge in [-0.15, -0.1) is 0 Å². The van der Waals surface area contributed by atoms with Crippen LogP contribution < -0.4 is 20.7 Å². The number of para-hydroxylation sites is 1. The van der Waals surface area contributed by atoms with Gasteiger partial charge in [-0.25, -0.2) is 4.79 Å². The van der Waals surface area contributed by atoms with Crippen LogP contribution in [0.5, 0.6) is 5.75 Å². The van der Waals surface area contributed by atoms with Gasteiger partial charge in [0.25, 0.3) is 0 Å². The molecule has 0 heterocycles. The highest BCUT2D eigenvalue weighted by molar-refractivity contribution is 5.78. The van der Waals surface area contributed by atoms with Gasteiger partial charge in [-0.2, -0.15) is 0 Å². The molecule has 138 valence electrons. The Morgan fingerprint density at radius 3 is 2.56 bits per heavy atom. The van der Waals surface area contributed by atoms with Crippen molar-refractivity contribution in [2.24, 2.45) is 5.92 Å². The summed E-state index contributed by atoms with van der Waals surface area (Å²) in [5, 5.41) is 8.62. The molecule has 1 aromatic rings. The number of hydrogen-bond donors (Lipinski definition) is 3. The van der Waals surface area contributed by atoms with Crippen LogP contribution in [0.1, 0.15) is 38.2 Å². The fraction of sp³-hybridized carbons (Fsp3) is 0.579. The topological polar surface area (TPSA) is 79.5 Å². The Morgan fingerprint density at radius 2 is 1.88 bits per heavy atom. The SMILES string of the molecule is CCOc1ccccc1CCNC(=O)NC1CCC(C(=O)NC)CC1. The predicted octanol–water partition coefficient (Wildman–Crippen LogP) is 2.23. The van der Waals surface area contributed by atoms with Crippen LogP contribution in [-0.2, 0) is 11.2 Å². The highest BCUT2D eigenvalue weighted by atomic mass is 16.5. The molecular formula is C19H29N3O3. The van der Waals surface area contributed by atoms with Crippen LogP contribution in [-0.4, -0.2) is 38.2 Å². The summed E-state index contributed by atoms with van der Waals surface area (Å²) in [5.74, 6) is 1.07. The van der Waals surface area contributed by atoms with Crippen molar-refractivity contribution < 1.29 is 14.3 Å². The van der Waals surface area contributed by atoms with E-state index in [0.717, 1.165) is 43.4 Å². The molecule has 6 heteroatoms. The number of ether oxygens (including phenoxy) is 1. The molecule has 1 aliphatic carbocycles. The van der Waals surface area contributed by atoms with Gasteiger partial charge in [0.05, 0.1) is 6.61 Å². The first-order valence-electron chi connectivity index (χ1n) is 9.10. The van der Waals surface area contributed by atoms with Gasteiger partial charge in [0.15, 0.2) is 0 Å². The molecule has 25 heavy (non-hydrogen) atoms. The van der Waals surface area contributed by atoms with E-state index < -0.39 is 0 Å². The molecule has 0 radical (unpaired) electrons. The van der Waals surface area contributed by atoms with Crippen LogP contribution in [0, 0.1) is 5.92 Å². The number of hydrogen-bond acceptors (Lipinski definition) is 3. The standard InChI is InChI=1S/C19H29N3O3/c1-3-25-17-7-5-4-6-14(17)12-13-21-19(24)22-16-10-8-15(9-11-16)18(23)20-2/h4-7,15-16H,3,8-13H2,1-2H3,(H,20,23)(H2,21,22,24). The van der Waals surface area contributed by atoms with Crippen molar-refractivity contribution in [2.45, 2.75) is 45.1 Å². The quantitative estimate of drug-likeness (QED) is 0.708. The van der Waals surface area contributed by atoms with E-state index in [0.29, 0.717) is 13.2 Å². The van der Waals surface area contributed by atoms with Crippen molar-refractivity contribution in [3.63, 3.8) is 0 Å². The van der Waals surface area contributed by atoms with Gasteiger partial charge < -0.3 is 20.7 Å². The Kier molecular flexibility index (Phi) is 7.57. The predicted molar refractivity (Wildman–Crippen MR) is 97.7 cm³/mol. The molecule has 0 unspecified atom stereocenters. The maximum Gasteiger partial charge on any atom is 0.315 e. The monoisotopic (exact) mass is 347 g/mol. The number of nitrogens with one attached hydrogen (secondary N) is 3. The van der Waals surface area contributed by atoms with Crippen LogP contribution in [0.4, 0.5) is 4.79 Å². The van der Waals surface area contributed by atoms with Crippen LogP contribution >= 0.6 is 0 Å². The van der Waals surface area contributed by atoms with Gasteiger partial charge in [0.1, 0.15) is 5.75 Å². The average molecular weight is 347 g/mol. The third-order valence-corrected chi connectivity index (χ3v) is 4.63. The van der Waals surface area contributed by atoms with Crippen molar-refractivity contribution in [1.29, 1.82) is 0 Å². The molecule has 1 aliphatic rings. The van der Waals surface area contributed by atoms with E-state index in [1.807, 2.05) is 31.2 Å². The highest BCUT2D eigenvalue weighted by Crippen LogP contribution is 2.24. The lowest BCUT2D eigenvalue weighted by molar-refractivity contribution is -0.125. The first-order chi connectivity index (χ1) is 12.1. The van der Waals surface area contributed by atoms with E-state index in [4.69, 9.17) is 4.74 Å². The zero-order valence-electron chi connectivity index (χ0n) is 15.1. The molecule has 2 rings (SSSR count). The van der Waals surface area contributed by atoms with E-state index in [9.17, 15) is 9.59 Å². The van der Waals surface area contributed by atoms with Crippen molar-refractivity contribution >= 4 is 11.9 Å². The lowest BCUT2D eigenvalue weighted by Crippen LogP contribution is -2.45. The summed E-state index contributed by atoms with van der Waals surface area (Å²) in [6.45, 7) is 3.15. The zero-order chi connectivity index (χ0) is 18.1. The van der Waals surface area contributed by atoms with E-state index >= 15 is 0 Å². The summed E-state index contributed by atoms with van der Waals surface area (Å²) in [4.78, 5) is 23.7. The number of carbonyl (C=O) groups is 2. The minimum Gasteiger partial charge on any atom is -0.494 e. The van der Waals surface area contributed by atoms with Crippen molar-refractivity contribution in [3.8, 4) is 5.75 Å². The fourth-order valence-corrected chi connectivity index (χ4v) is 3.26. The summed E-state index contributed by atoms with van der Waals surface area (Å²) in [6, 6.07) is 7.90. The third-order valence-electron chi connectivity index (χ3n) is 4.63. The summed E-state index contributed by atoms with van der Waals surface area (Å²) >= 11 is 0. The normalized spacial score (nSPS) is 19.8. The van der Waals surface area contributed by atoms with Gasteiger partial charge in [0.2, 0.25) is 5.91 Å². The average Bonchev–Trinajstić information content (AvgIpc) is 2.63. The first-order valence-corrected chi connectivity index (χ1v) is 9.10. The fourth-order valence-electron chi connectivity index (χ4n) is 3.26. The molecule has 0 spiro atoms. The number of amides is 3. The van der Waals surface area contributed by atoms with Crippen LogP contribution in [0.15, 0.2) is 24.3 Å². The first kappa shape index (κ1) is 19.1. The van der Waals surface area contributed by atoms with Crippen LogP contribution in [0.2, 0.25) is 0 Å². The summed E-state index contributed by atoms with van der Waals surface area (Å²) < 4.78 is 5.59. The Morgan fingerprint density at radius 1 is 1.16 bits per heavy atom. The zero-order valence-corrected chi connectivity index (χ0v) is 15.1. The molecule has 3 N–H and O–H groups in total.